The second-order valence-electron chi connectivity index (χ2n) is 3.66. The summed E-state index contributed by atoms with van der Waals surface area (Å²) in [5.74, 6) is 0.406. The number of aromatic amines is 1. The molecule has 2 aromatic rings. The van der Waals surface area contributed by atoms with Crippen LogP contribution in [0, 0.1) is 5.82 Å². The smallest absolute Gasteiger partial charge is 0.204 e. The largest absolute Gasteiger partial charge is 0.207 e. The Labute approximate surface area is 86.5 Å². The highest BCUT2D eigenvalue weighted by Crippen LogP contribution is 2.22. The van der Waals surface area contributed by atoms with Crippen molar-refractivity contribution in [2.75, 3.05) is 0 Å². The van der Waals surface area contributed by atoms with E-state index in [9.17, 15) is 4.39 Å². The molecule has 0 saturated carbocycles. The third-order valence-corrected chi connectivity index (χ3v) is 2.19. The van der Waals surface area contributed by atoms with Crippen LogP contribution in [0.3, 0.4) is 0 Å². The fourth-order valence-corrected chi connectivity index (χ4v) is 1.36. The van der Waals surface area contributed by atoms with Crippen LogP contribution in [0.15, 0.2) is 18.2 Å². The van der Waals surface area contributed by atoms with E-state index in [4.69, 9.17) is 0 Å². The molecule has 1 aromatic carbocycles. The molecule has 78 valence electrons. The van der Waals surface area contributed by atoms with Crippen molar-refractivity contribution in [2.45, 2.75) is 19.8 Å². The summed E-state index contributed by atoms with van der Waals surface area (Å²) < 4.78 is 13.3. The SMILES string of the molecule is CC(C)c1cc(F)cc(-c2nn[nH]n2)c1. The Hall–Kier alpha value is -1.78. The maximum absolute atomic E-state index is 13.3. The van der Waals surface area contributed by atoms with Crippen molar-refractivity contribution in [3.63, 3.8) is 0 Å². The van der Waals surface area contributed by atoms with Crippen LogP contribution in [0.4, 0.5) is 4.39 Å². The lowest BCUT2D eigenvalue weighted by Gasteiger charge is -2.06. The fourth-order valence-electron chi connectivity index (χ4n) is 1.36. The molecule has 0 amide bonds. The molecule has 0 spiro atoms. The van der Waals surface area contributed by atoms with E-state index in [-0.39, 0.29) is 11.7 Å². The monoisotopic (exact) mass is 206 g/mol. The van der Waals surface area contributed by atoms with Gasteiger partial charge in [0.1, 0.15) is 5.82 Å². The van der Waals surface area contributed by atoms with Crippen molar-refractivity contribution < 1.29 is 4.39 Å². The number of nitrogens with zero attached hydrogens (tertiary/aromatic N) is 3. The van der Waals surface area contributed by atoms with Crippen LogP contribution in [0.1, 0.15) is 25.3 Å². The highest BCUT2D eigenvalue weighted by atomic mass is 19.1. The average Bonchev–Trinajstić information content (AvgIpc) is 2.69. The third-order valence-electron chi connectivity index (χ3n) is 2.19. The highest BCUT2D eigenvalue weighted by molar-refractivity contribution is 5.55. The molecule has 1 heterocycles. The summed E-state index contributed by atoms with van der Waals surface area (Å²) >= 11 is 0. The van der Waals surface area contributed by atoms with Gasteiger partial charge in [-0.05, 0) is 34.9 Å². The summed E-state index contributed by atoms with van der Waals surface area (Å²) in [5.41, 5.74) is 1.57. The molecule has 0 radical (unpaired) electrons. The number of rotatable bonds is 2. The predicted molar refractivity (Wildman–Crippen MR) is 53.7 cm³/mol. The van der Waals surface area contributed by atoms with Gasteiger partial charge in [-0.25, -0.2) is 4.39 Å². The summed E-state index contributed by atoms with van der Waals surface area (Å²) in [6.45, 7) is 4.02. The minimum Gasteiger partial charge on any atom is -0.207 e. The molecular weight excluding hydrogens is 195 g/mol. The van der Waals surface area contributed by atoms with E-state index >= 15 is 0 Å². The Morgan fingerprint density at radius 3 is 2.67 bits per heavy atom. The van der Waals surface area contributed by atoms with E-state index < -0.39 is 0 Å². The predicted octanol–water partition coefficient (Wildman–Crippen LogP) is 2.13. The lowest BCUT2D eigenvalue weighted by molar-refractivity contribution is 0.623. The zero-order chi connectivity index (χ0) is 10.8. The Bertz CT molecular complexity index is 450. The molecule has 4 nitrogen and oxygen atoms in total. The van der Waals surface area contributed by atoms with Crippen molar-refractivity contribution in [1.29, 1.82) is 0 Å². The number of aromatic nitrogens is 4. The fraction of sp³-hybridized carbons (Fsp3) is 0.300. The van der Waals surface area contributed by atoms with Crippen molar-refractivity contribution >= 4 is 0 Å². The van der Waals surface area contributed by atoms with Crippen LogP contribution in [0.5, 0.6) is 0 Å². The first-order chi connectivity index (χ1) is 7.16. The summed E-state index contributed by atoms with van der Waals surface area (Å²) in [4.78, 5) is 0. The molecule has 1 aromatic heterocycles. The lowest BCUT2D eigenvalue weighted by Crippen LogP contribution is -1.91. The van der Waals surface area contributed by atoms with E-state index in [0.717, 1.165) is 5.56 Å². The van der Waals surface area contributed by atoms with E-state index in [1.54, 1.807) is 0 Å². The van der Waals surface area contributed by atoms with Crippen molar-refractivity contribution in [3.8, 4) is 11.4 Å². The Balaban J connectivity index is 2.49. The third kappa shape index (κ3) is 2.01. The van der Waals surface area contributed by atoms with Crippen LogP contribution >= 0.6 is 0 Å². The molecular formula is C10H11FN4. The summed E-state index contributed by atoms with van der Waals surface area (Å²) in [6, 6.07) is 4.80. The minimum absolute atomic E-state index is 0.270. The van der Waals surface area contributed by atoms with E-state index in [1.165, 1.54) is 12.1 Å². The molecule has 0 saturated heterocycles. The minimum atomic E-state index is -0.277. The topological polar surface area (TPSA) is 54.5 Å². The maximum atomic E-state index is 13.3. The second kappa shape index (κ2) is 3.76. The van der Waals surface area contributed by atoms with Gasteiger partial charge in [0.2, 0.25) is 5.82 Å². The highest BCUT2D eigenvalue weighted by Gasteiger charge is 2.08. The summed E-state index contributed by atoms with van der Waals surface area (Å²) in [5, 5.41) is 13.4. The molecule has 0 aliphatic rings. The van der Waals surface area contributed by atoms with E-state index in [0.29, 0.717) is 11.4 Å². The van der Waals surface area contributed by atoms with Crippen LogP contribution in [-0.2, 0) is 0 Å². The van der Waals surface area contributed by atoms with Crippen LogP contribution in [0.2, 0.25) is 0 Å². The van der Waals surface area contributed by atoms with Gasteiger partial charge in [-0.3, -0.25) is 0 Å². The Morgan fingerprint density at radius 1 is 1.27 bits per heavy atom. The van der Waals surface area contributed by atoms with Gasteiger partial charge in [0, 0.05) is 5.56 Å². The number of hydrogen-bond acceptors (Lipinski definition) is 3. The van der Waals surface area contributed by atoms with Crippen LogP contribution < -0.4 is 0 Å². The van der Waals surface area contributed by atoms with Gasteiger partial charge in [-0.1, -0.05) is 13.8 Å². The molecule has 0 aliphatic heterocycles. The molecule has 15 heavy (non-hydrogen) atoms. The van der Waals surface area contributed by atoms with Gasteiger partial charge in [-0.2, -0.15) is 5.21 Å². The first kappa shape index (κ1) is 9.76. The number of tetrazole rings is 1. The van der Waals surface area contributed by atoms with Gasteiger partial charge in [-0.15, -0.1) is 10.2 Å². The summed E-state index contributed by atoms with van der Waals surface area (Å²) in [6.07, 6.45) is 0. The van der Waals surface area contributed by atoms with Crippen molar-refractivity contribution in [1.82, 2.24) is 20.6 Å². The quantitative estimate of drug-likeness (QED) is 0.818. The van der Waals surface area contributed by atoms with Crippen LogP contribution in [-0.4, -0.2) is 20.6 Å². The van der Waals surface area contributed by atoms with Crippen molar-refractivity contribution in [2.24, 2.45) is 0 Å². The number of nitrogens with one attached hydrogen (secondary N) is 1. The van der Waals surface area contributed by atoms with Gasteiger partial charge >= 0.3 is 0 Å². The molecule has 0 atom stereocenters. The zero-order valence-corrected chi connectivity index (χ0v) is 8.53. The number of halogens is 1. The molecule has 0 fully saturated rings. The van der Waals surface area contributed by atoms with E-state index in [1.807, 2.05) is 19.9 Å². The number of benzene rings is 1. The zero-order valence-electron chi connectivity index (χ0n) is 8.53. The number of hydrogen-bond donors (Lipinski definition) is 1. The molecule has 2 rings (SSSR count). The molecule has 5 heteroatoms. The number of H-pyrrole nitrogens is 1. The Morgan fingerprint density at radius 2 is 2.07 bits per heavy atom. The molecule has 0 aliphatic carbocycles. The van der Waals surface area contributed by atoms with Gasteiger partial charge < -0.3 is 0 Å². The molecule has 1 N–H and O–H groups in total. The summed E-state index contributed by atoms with van der Waals surface area (Å²) in [7, 11) is 0. The maximum Gasteiger partial charge on any atom is 0.204 e. The first-order valence-corrected chi connectivity index (χ1v) is 4.71. The lowest BCUT2D eigenvalue weighted by atomic mass is 10.0. The first-order valence-electron chi connectivity index (χ1n) is 4.71. The van der Waals surface area contributed by atoms with Gasteiger partial charge in [0.15, 0.2) is 0 Å². The van der Waals surface area contributed by atoms with Crippen molar-refractivity contribution in [3.05, 3.63) is 29.6 Å². The molecule has 0 unspecified atom stereocenters. The average molecular weight is 206 g/mol. The van der Waals surface area contributed by atoms with Gasteiger partial charge in [0.25, 0.3) is 0 Å². The van der Waals surface area contributed by atoms with Gasteiger partial charge in [0.05, 0.1) is 0 Å². The second-order valence-corrected chi connectivity index (χ2v) is 3.66. The van der Waals surface area contributed by atoms with E-state index in [2.05, 4.69) is 20.6 Å². The Kier molecular flexibility index (Phi) is 2.45. The van der Waals surface area contributed by atoms with Crippen LogP contribution in [0.25, 0.3) is 11.4 Å². The standard InChI is InChI=1S/C10H11FN4/c1-6(2)7-3-8(5-9(11)4-7)10-12-14-15-13-10/h3-6H,1-2H3,(H,12,13,14,15). The normalized spacial score (nSPS) is 10.9. The molecule has 0 bridgehead atoms.